The predicted molar refractivity (Wildman–Crippen MR) is 95.0 cm³/mol. The molecule has 0 aliphatic rings. The fourth-order valence-electron chi connectivity index (χ4n) is 2.55. The van der Waals surface area contributed by atoms with Gasteiger partial charge in [0.1, 0.15) is 17.2 Å². The molecule has 0 radical (unpaired) electrons. The molecule has 1 aromatic heterocycles. The zero-order valence-corrected chi connectivity index (χ0v) is 14.9. The molecule has 0 atom stereocenters. The quantitative estimate of drug-likeness (QED) is 0.484. The molecule has 0 amide bonds. The highest BCUT2D eigenvalue weighted by atomic mass is 16.5. The molecule has 0 bridgehead atoms. The molecular weight excluding hydrogens is 332 g/mol. The zero-order valence-electron chi connectivity index (χ0n) is 14.9. The van der Waals surface area contributed by atoms with Crippen LogP contribution in [0, 0.1) is 25.2 Å². The third-order valence-corrected chi connectivity index (χ3v) is 3.88. The molecule has 0 saturated carbocycles. The van der Waals surface area contributed by atoms with E-state index < -0.39 is 18.4 Å². The maximum atomic E-state index is 12.4. The highest BCUT2D eigenvalue weighted by Crippen LogP contribution is 2.16. The van der Waals surface area contributed by atoms with E-state index in [1.807, 2.05) is 30.3 Å². The summed E-state index contributed by atoms with van der Waals surface area (Å²) < 4.78 is 6.78. The third-order valence-electron chi connectivity index (χ3n) is 3.88. The fourth-order valence-corrected chi connectivity index (χ4v) is 2.55. The van der Waals surface area contributed by atoms with Crippen molar-refractivity contribution < 1.29 is 14.3 Å². The molecule has 0 fully saturated rings. The molecule has 0 saturated heterocycles. The Balaban J connectivity index is 2.14. The molecular formula is C19H20N4O3. The monoisotopic (exact) mass is 352 g/mol. The van der Waals surface area contributed by atoms with Gasteiger partial charge in [0.05, 0.1) is 17.9 Å². The van der Waals surface area contributed by atoms with E-state index in [0.29, 0.717) is 23.5 Å². The summed E-state index contributed by atoms with van der Waals surface area (Å²) in [5.74, 6) is -1.28. The topological polar surface area (TPSA) is 111 Å². The van der Waals surface area contributed by atoms with Crippen LogP contribution in [0.25, 0.3) is 0 Å². The summed E-state index contributed by atoms with van der Waals surface area (Å²) >= 11 is 0. The van der Waals surface area contributed by atoms with Crippen molar-refractivity contribution in [2.24, 2.45) is 5.73 Å². The van der Waals surface area contributed by atoms with Crippen molar-refractivity contribution >= 4 is 11.8 Å². The molecule has 134 valence electrons. The second-order valence-corrected chi connectivity index (χ2v) is 5.86. The van der Waals surface area contributed by atoms with E-state index in [1.165, 1.54) is 6.92 Å². The lowest BCUT2D eigenvalue weighted by Gasteiger charge is -2.06. The number of ether oxygens (including phenoxy) is 1. The number of hydrogen-bond donors (Lipinski definition) is 1. The number of rotatable bonds is 6. The van der Waals surface area contributed by atoms with Crippen molar-refractivity contribution in [3.8, 4) is 6.07 Å². The number of carbonyl (C=O) groups is 2. The molecule has 2 rings (SSSR count). The first-order valence-electron chi connectivity index (χ1n) is 7.99. The Morgan fingerprint density at radius 2 is 1.92 bits per heavy atom. The number of allylic oxidation sites excluding steroid dienone is 1. The van der Waals surface area contributed by atoms with E-state index in [9.17, 15) is 9.59 Å². The number of nitrogens with zero attached hydrogens (tertiary/aromatic N) is 3. The lowest BCUT2D eigenvalue weighted by molar-refractivity contribution is -0.118. The van der Waals surface area contributed by atoms with Crippen LogP contribution >= 0.6 is 0 Å². The molecule has 0 aliphatic carbocycles. The van der Waals surface area contributed by atoms with Crippen molar-refractivity contribution in [2.45, 2.75) is 27.3 Å². The van der Waals surface area contributed by atoms with Crippen LogP contribution < -0.4 is 5.73 Å². The van der Waals surface area contributed by atoms with Crippen LogP contribution in [0.2, 0.25) is 0 Å². The number of aryl methyl sites for hydroxylation is 1. The van der Waals surface area contributed by atoms with Crippen LogP contribution in [0.1, 0.15) is 34.2 Å². The van der Waals surface area contributed by atoms with Gasteiger partial charge in [-0.25, -0.2) is 4.79 Å². The minimum atomic E-state index is -0.653. The molecule has 1 aromatic carbocycles. The summed E-state index contributed by atoms with van der Waals surface area (Å²) in [6, 6.07) is 11.4. The standard InChI is InChI=1S/C19H20N4O3/c1-12(21)16(9-20)17(24)11-26-19(25)18-13(2)22-23(14(18)3)10-15-7-5-4-6-8-15/h4-8H,10-11,21H2,1-3H3/b16-12+. The Morgan fingerprint density at radius 1 is 1.27 bits per heavy atom. The highest BCUT2D eigenvalue weighted by molar-refractivity contribution is 6.02. The lowest BCUT2D eigenvalue weighted by Crippen LogP contribution is -2.18. The van der Waals surface area contributed by atoms with Crippen LogP contribution in [-0.2, 0) is 16.1 Å². The third kappa shape index (κ3) is 4.16. The van der Waals surface area contributed by atoms with E-state index in [4.69, 9.17) is 15.7 Å². The number of benzene rings is 1. The first-order chi connectivity index (χ1) is 12.3. The van der Waals surface area contributed by atoms with E-state index in [1.54, 1.807) is 24.6 Å². The Hall–Kier alpha value is -3.40. The SMILES string of the molecule is C/C(N)=C(/C#N)C(=O)COC(=O)c1c(C)nn(Cc2ccccc2)c1C. The first-order valence-corrected chi connectivity index (χ1v) is 7.99. The van der Waals surface area contributed by atoms with Gasteiger partial charge in [0.2, 0.25) is 5.78 Å². The van der Waals surface area contributed by atoms with E-state index in [-0.39, 0.29) is 11.3 Å². The van der Waals surface area contributed by atoms with Gasteiger partial charge in [-0.15, -0.1) is 0 Å². The minimum Gasteiger partial charge on any atom is -0.454 e. The number of nitriles is 1. The summed E-state index contributed by atoms with van der Waals surface area (Å²) in [5.41, 5.74) is 7.90. The van der Waals surface area contributed by atoms with Crippen LogP contribution in [0.15, 0.2) is 41.6 Å². The van der Waals surface area contributed by atoms with Crippen LogP contribution in [0.3, 0.4) is 0 Å². The summed E-state index contributed by atoms with van der Waals surface area (Å²) in [7, 11) is 0. The van der Waals surface area contributed by atoms with Crippen LogP contribution in [0.5, 0.6) is 0 Å². The summed E-state index contributed by atoms with van der Waals surface area (Å²) in [5, 5.41) is 13.3. The van der Waals surface area contributed by atoms with Gasteiger partial charge >= 0.3 is 5.97 Å². The molecule has 1 heterocycles. The molecule has 0 aliphatic heterocycles. The number of ketones is 1. The Kier molecular flexibility index (Phi) is 5.91. The van der Waals surface area contributed by atoms with Crippen molar-refractivity contribution in [1.29, 1.82) is 5.26 Å². The van der Waals surface area contributed by atoms with E-state index >= 15 is 0 Å². The number of hydrogen-bond acceptors (Lipinski definition) is 6. The van der Waals surface area contributed by atoms with Gasteiger partial charge in [0.25, 0.3) is 0 Å². The van der Waals surface area contributed by atoms with E-state index in [0.717, 1.165) is 5.56 Å². The highest BCUT2D eigenvalue weighted by Gasteiger charge is 2.22. The smallest absolute Gasteiger partial charge is 0.342 e. The van der Waals surface area contributed by atoms with Gasteiger partial charge in [-0.2, -0.15) is 10.4 Å². The molecule has 26 heavy (non-hydrogen) atoms. The van der Waals surface area contributed by atoms with Crippen LogP contribution in [0.4, 0.5) is 0 Å². The molecule has 7 heteroatoms. The van der Waals surface area contributed by atoms with Crippen molar-refractivity contribution in [3.05, 3.63) is 64.1 Å². The molecule has 2 aromatic rings. The average Bonchev–Trinajstić information content (AvgIpc) is 2.87. The molecule has 2 N–H and O–H groups in total. The largest absolute Gasteiger partial charge is 0.454 e. The average molecular weight is 352 g/mol. The normalized spacial score (nSPS) is 11.5. The number of nitrogens with two attached hydrogens (primary N) is 1. The first kappa shape index (κ1) is 18.9. The van der Waals surface area contributed by atoms with Gasteiger partial charge in [-0.05, 0) is 26.3 Å². The minimum absolute atomic E-state index is 0.0941. The number of esters is 1. The predicted octanol–water partition coefficient (Wildman–Crippen LogP) is 2.03. The van der Waals surface area contributed by atoms with E-state index in [2.05, 4.69) is 5.10 Å². The Labute approximate surface area is 151 Å². The second-order valence-electron chi connectivity index (χ2n) is 5.86. The summed E-state index contributed by atoms with van der Waals surface area (Å²) in [4.78, 5) is 24.3. The molecule has 0 spiro atoms. The summed E-state index contributed by atoms with van der Waals surface area (Å²) in [6.45, 7) is 4.90. The van der Waals surface area contributed by atoms with Gasteiger partial charge in [0.15, 0.2) is 6.61 Å². The van der Waals surface area contributed by atoms with Gasteiger partial charge in [-0.3, -0.25) is 9.48 Å². The fraction of sp³-hybridized carbons (Fsp3) is 0.263. The van der Waals surface area contributed by atoms with Gasteiger partial charge in [0, 0.05) is 5.70 Å². The maximum absolute atomic E-state index is 12.4. The molecule has 7 nitrogen and oxygen atoms in total. The van der Waals surface area contributed by atoms with Crippen molar-refractivity contribution in [2.75, 3.05) is 6.61 Å². The van der Waals surface area contributed by atoms with Gasteiger partial charge in [-0.1, -0.05) is 30.3 Å². The Morgan fingerprint density at radius 3 is 2.50 bits per heavy atom. The second kappa shape index (κ2) is 8.12. The van der Waals surface area contributed by atoms with Crippen LogP contribution in [-0.4, -0.2) is 28.1 Å². The van der Waals surface area contributed by atoms with Gasteiger partial charge < -0.3 is 10.5 Å². The van der Waals surface area contributed by atoms with Crippen molar-refractivity contribution in [3.63, 3.8) is 0 Å². The number of aromatic nitrogens is 2. The number of Topliss-reactive ketones (excluding diaryl/α,β-unsaturated/α-hetero) is 1. The Bertz CT molecular complexity index is 901. The lowest BCUT2D eigenvalue weighted by atomic mass is 10.1. The maximum Gasteiger partial charge on any atom is 0.342 e. The zero-order chi connectivity index (χ0) is 19.3. The molecule has 0 unspecified atom stereocenters. The van der Waals surface area contributed by atoms with Crippen molar-refractivity contribution in [1.82, 2.24) is 9.78 Å². The number of carbonyl (C=O) groups excluding carboxylic acids is 2. The summed E-state index contributed by atoms with van der Waals surface area (Å²) in [6.07, 6.45) is 0.